The molecule has 13 heavy (non-hydrogen) atoms. The first kappa shape index (κ1) is 10.4. The molecule has 0 fully saturated rings. The summed E-state index contributed by atoms with van der Waals surface area (Å²) in [5, 5.41) is 9.19. The Morgan fingerprint density at radius 1 is 1.38 bits per heavy atom. The van der Waals surface area contributed by atoms with Crippen molar-refractivity contribution in [2.45, 2.75) is 13.0 Å². The lowest BCUT2D eigenvalue weighted by Crippen LogP contribution is -2.03. The Balaban J connectivity index is 3.15. The quantitative estimate of drug-likeness (QED) is 0.738. The zero-order valence-electron chi connectivity index (χ0n) is 7.02. The van der Waals surface area contributed by atoms with E-state index < -0.39 is 17.7 Å². The Bertz CT molecular complexity index is 315. The van der Waals surface area contributed by atoms with Crippen LogP contribution in [0.2, 0.25) is 0 Å². The van der Waals surface area contributed by atoms with Crippen LogP contribution in [0.4, 0.5) is 8.78 Å². The molecular formula is C9H9ClF2O. The highest BCUT2D eigenvalue weighted by Gasteiger charge is 2.14. The first-order valence-electron chi connectivity index (χ1n) is 3.76. The molecule has 0 bridgehead atoms. The number of rotatable bonds is 2. The minimum atomic E-state index is -1.16. The number of aliphatic hydroxyl groups is 1. The van der Waals surface area contributed by atoms with E-state index in [2.05, 4.69) is 0 Å². The Kier molecular flexibility index (Phi) is 3.22. The van der Waals surface area contributed by atoms with Crippen LogP contribution in [0.3, 0.4) is 0 Å². The molecule has 1 aromatic rings. The van der Waals surface area contributed by atoms with E-state index in [-0.39, 0.29) is 17.0 Å². The van der Waals surface area contributed by atoms with Gasteiger partial charge in [0.1, 0.15) is 11.6 Å². The molecule has 0 aromatic heterocycles. The molecule has 1 atom stereocenters. The molecule has 0 heterocycles. The van der Waals surface area contributed by atoms with Crippen molar-refractivity contribution in [2.24, 2.45) is 0 Å². The maximum Gasteiger partial charge on any atom is 0.129 e. The van der Waals surface area contributed by atoms with Gasteiger partial charge in [0.15, 0.2) is 0 Å². The molecule has 1 aromatic carbocycles. The Hall–Kier alpha value is -0.670. The van der Waals surface area contributed by atoms with Crippen LogP contribution in [0.15, 0.2) is 12.1 Å². The summed E-state index contributed by atoms with van der Waals surface area (Å²) in [6.45, 7) is 1.45. The van der Waals surface area contributed by atoms with Gasteiger partial charge in [-0.15, -0.1) is 11.6 Å². The molecule has 4 heteroatoms. The predicted octanol–water partition coefficient (Wildman–Crippen LogP) is 2.55. The average molecular weight is 207 g/mol. The Morgan fingerprint density at radius 2 is 2.00 bits per heavy atom. The fourth-order valence-electron chi connectivity index (χ4n) is 1.00. The molecule has 0 aliphatic carbocycles. The van der Waals surface area contributed by atoms with Gasteiger partial charge in [-0.05, 0) is 24.6 Å². The summed E-state index contributed by atoms with van der Waals surface area (Å²) >= 11 is 5.31. The lowest BCUT2D eigenvalue weighted by molar-refractivity contribution is 0.197. The van der Waals surface area contributed by atoms with Crippen molar-refractivity contribution in [3.05, 3.63) is 34.9 Å². The van der Waals surface area contributed by atoms with Gasteiger partial charge in [-0.1, -0.05) is 0 Å². The van der Waals surface area contributed by atoms with Crippen LogP contribution >= 0.6 is 11.6 Å². The van der Waals surface area contributed by atoms with Gasteiger partial charge in [0.05, 0.1) is 12.0 Å². The first-order valence-corrected chi connectivity index (χ1v) is 4.29. The van der Waals surface area contributed by atoms with Gasteiger partial charge in [0, 0.05) is 5.56 Å². The van der Waals surface area contributed by atoms with Crippen LogP contribution in [-0.2, 0) is 0 Å². The van der Waals surface area contributed by atoms with Gasteiger partial charge >= 0.3 is 0 Å². The highest BCUT2D eigenvalue weighted by Crippen LogP contribution is 2.21. The van der Waals surface area contributed by atoms with Gasteiger partial charge in [-0.3, -0.25) is 0 Å². The van der Waals surface area contributed by atoms with Crippen LogP contribution in [0.1, 0.15) is 17.2 Å². The molecule has 0 amide bonds. The molecule has 0 saturated heterocycles. The van der Waals surface area contributed by atoms with E-state index in [9.17, 15) is 13.9 Å². The molecule has 1 N–H and O–H groups in total. The second-order valence-electron chi connectivity index (χ2n) is 2.79. The fraction of sp³-hybridized carbons (Fsp3) is 0.333. The minimum Gasteiger partial charge on any atom is -0.387 e. The monoisotopic (exact) mass is 206 g/mol. The molecule has 0 saturated carbocycles. The van der Waals surface area contributed by atoms with Gasteiger partial charge < -0.3 is 5.11 Å². The minimum absolute atomic E-state index is 0.0990. The zero-order valence-corrected chi connectivity index (χ0v) is 7.78. The van der Waals surface area contributed by atoms with E-state index in [0.29, 0.717) is 0 Å². The second-order valence-corrected chi connectivity index (χ2v) is 3.10. The fourth-order valence-corrected chi connectivity index (χ4v) is 1.17. The number of halogens is 3. The topological polar surface area (TPSA) is 20.2 Å². The van der Waals surface area contributed by atoms with Crippen molar-refractivity contribution in [3.63, 3.8) is 0 Å². The first-order chi connectivity index (χ1) is 6.06. The number of benzene rings is 1. The van der Waals surface area contributed by atoms with Crippen LogP contribution < -0.4 is 0 Å². The normalized spacial score (nSPS) is 13.0. The van der Waals surface area contributed by atoms with E-state index in [1.54, 1.807) is 0 Å². The third-order valence-electron chi connectivity index (χ3n) is 1.78. The van der Waals surface area contributed by atoms with Crippen LogP contribution in [0.5, 0.6) is 0 Å². The van der Waals surface area contributed by atoms with E-state index in [4.69, 9.17) is 11.6 Å². The molecular weight excluding hydrogens is 198 g/mol. The molecule has 72 valence electrons. The van der Waals surface area contributed by atoms with Crippen molar-refractivity contribution in [3.8, 4) is 0 Å². The van der Waals surface area contributed by atoms with E-state index in [0.717, 1.165) is 12.1 Å². The van der Waals surface area contributed by atoms with Crippen molar-refractivity contribution in [1.29, 1.82) is 0 Å². The van der Waals surface area contributed by atoms with E-state index >= 15 is 0 Å². The van der Waals surface area contributed by atoms with Crippen LogP contribution in [0.25, 0.3) is 0 Å². The largest absolute Gasteiger partial charge is 0.387 e. The summed E-state index contributed by atoms with van der Waals surface area (Å²) in [5.74, 6) is -1.33. The molecule has 0 radical (unpaired) electrons. The second kappa shape index (κ2) is 4.03. The third kappa shape index (κ3) is 2.17. The summed E-state index contributed by atoms with van der Waals surface area (Å²) in [6, 6.07) is 2.01. The van der Waals surface area contributed by atoms with Crippen molar-refractivity contribution in [1.82, 2.24) is 0 Å². The highest BCUT2D eigenvalue weighted by molar-refractivity contribution is 6.18. The van der Waals surface area contributed by atoms with E-state index in [1.165, 1.54) is 6.92 Å². The third-order valence-corrected chi connectivity index (χ3v) is 2.08. The number of aliphatic hydroxyl groups excluding tert-OH is 1. The molecule has 1 unspecified atom stereocenters. The van der Waals surface area contributed by atoms with Gasteiger partial charge in [0.2, 0.25) is 0 Å². The lowest BCUT2D eigenvalue weighted by Gasteiger charge is -2.09. The Labute approximate surface area is 80.0 Å². The van der Waals surface area contributed by atoms with Gasteiger partial charge in [0.25, 0.3) is 0 Å². The number of hydrogen-bond donors (Lipinski definition) is 1. The van der Waals surface area contributed by atoms with Gasteiger partial charge in [-0.2, -0.15) is 0 Å². The molecule has 1 rings (SSSR count). The number of alkyl halides is 1. The van der Waals surface area contributed by atoms with Crippen molar-refractivity contribution in [2.75, 3.05) is 5.88 Å². The van der Waals surface area contributed by atoms with Crippen molar-refractivity contribution < 1.29 is 13.9 Å². The van der Waals surface area contributed by atoms with Crippen molar-refractivity contribution >= 4 is 11.6 Å². The standard InChI is InChI=1S/C9H9ClF2O/c1-5-2-8(12)6(3-7(5)11)9(13)4-10/h2-3,9,13H,4H2,1H3. The molecule has 1 nitrogen and oxygen atoms in total. The smallest absolute Gasteiger partial charge is 0.129 e. The molecule has 0 spiro atoms. The lowest BCUT2D eigenvalue weighted by atomic mass is 10.1. The average Bonchev–Trinajstić information content (AvgIpc) is 2.10. The summed E-state index contributed by atoms with van der Waals surface area (Å²) in [4.78, 5) is 0. The summed E-state index contributed by atoms with van der Waals surface area (Å²) in [7, 11) is 0. The highest BCUT2D eigenvalue weighted by atomic mass is 35.5. The number of hydrogen-bond acceptors (Lipinski definition) is 1. The zero-order chi connectivity index (χ0) is 10.0. The van der Waals surface area contributed by atoms with E-state index in [1.807, 2.05) is 0 Å². The predicted molar refractivity (Wildman–Crippen MR) is 46.8 cm³/mol. The van der Waals surface area contributed by atoms with Gasteiger partial charge in [-0.25, -0.2) is 8.78 Å². The maximum absolute atomic E-state index is 13.1. The summed E-state index contributed by atoms with van der Waals surface area (Å²) < 4.78 is 26.0. The summed E-state index contributed by atoms with van der Waals surface area (Å²) in [6.07, 6.45) is -1.16. The number of aryl methyl sites for hydroxylation is 1. The molecule has 0 aliphatic heterocycles. The summed E-state index contributed by atoms with van der Waals surface area (Å²) in [5.41, 5.74) is 0.112. The molecule has 0 aliphatic rings. The van der Waals surface area contributed by atoms with Crippen LogP contribution in [-0.4, -0.2) is 11.0 Å². The Morgan fingerprint density at radius 3 is 2.54 bits per heavy atom. The SMILES string of the molecule is Cc1cc(F)c(C(O)CCl)cc1F. The van der Waals surface area contributed by atoms with Crippen LogP contribution in [0, 0.1) is 18.6 Å². The maximum atomic E-state index is 13.1.